The van der Waals surface area contributed by atoms with Crippen molar-refractivity contribution in [2.24, 2.45) is 0 Å². The van der Waals surface area contributed by atoms with Crippen LogP contribution in [0.4, 0.5) is 4.79 Å². The first-order chi connectivity index (χ1) is 10.5. The average molecular weight is 313 g/mol. The Morgan fingerprint density at radius 1 is 1.05 bits per heavy atom. The molecule has 0 radical (unpaired) electrons. The van der Waals surface area contributed by atoms with E-state index in [-0.39, 0.29) is 24.3 Å². The molecule has 1 heterocycles. The Labute approximate surface area is 132 Å². The molecule has 0 aliphatic carbocycles. The molecule has 1 aliphatic heterocycles. The number of nitrogens with zero attached hydrogens (tertiary/aromatic N) is 3. The van der Waals surface area contributed by atoms with Gasteiger partial charge in [0.2, 0.25) is 11.8 Å². The minimum Gasteiger partial charge on any atom is -0.450 e. The number of piperazine rings is 1. The van der Waals surface area contributed by atoms with Crippen LogP contribution < -0.4 is 0 Å². The van der Waals surface area contributed by atoms with Gasteiger partial charge in [-0.1, -0.05) is 13.3 Å². The van der Waals surface area contributed by atoms with Crippen LogP contribution in [-0.2, 0) is 14.3 Å². The van der Waals surface area contributed by atoms with E-state index in [9.17, 15) is 14.4 Å². The molecule has 7 heteroatoms. The fraction of sp³-hybridized carbons (Fsp3) is 0.800. The van der Waals surface area contributed by atoms with Crippen LogP contribution in [0.1, 0.15) is 33.1 Å². The lowest BCUT2D eigenvalue weighted by Crippen LogP contribution is -2.51. The van der Waals surface area contributed by atoms with Crippen LogP contribution in [0.3, 0.4) is 0 Å². The molecule has 22 heavy (non-hydrogen) atoms. The highest BCUT2D eigenvalue weighted by Gasteiger charge is 2.26. The molecule has 0 unspecified atom stereocenters. The Bertz CT molecular complexity index is 392. The minimum absolute atomic E-state index is 0.0976. The summed E-state index contributed by atoms with van der Waals surface area (Å²) in [5.41, 5.74) is 0. The summed E-state index contributed by atoms with van der Waals surface area (Å²) in [7, 11) is 1.73. The van der Waals surface area contributed by atoms with Gasteiger partial charge in [0.25, 0.3) is 0 Å². The predicted molar refractivity (Wildman–Crippen MR) is 82.3 cm³/mol. The quantitative estimate of drug-likeness (QED) is 0.684. The molecular formula is C15H27N3O4. The summed E-state index contributed by atoms with van der Waals surface area (Å²) < 4.78 is 4.93. The third kappa shape index (κ3) is 5.54. The van der Waals surface area contributed by atoms with Crippen LogP contribution in [0.15, 0.2) is 0 Å². The van der Waals surface area contributed by atoms with Crippen molar-refractivity contribution in [2.75, 3.05) is 46.4 Å². The van der Waals surface area contributed by atoms with Crippen molar-refractivity contribution >= 4 is 17.9 Å². The Morgan fingerprint density at radius 2 is 1.64 bits per heavy atom. The van der Waals surface area contributed by atoms with Crippen molar-refractivity contribution in [1.29, 1.82) is 0 Å². The first-order valence-electron chi connectivity index (χ1n) is 7.93. The molecule has 0 aromatic rings. The normalized spacial score (nSPS) is 14.7. The van der Waals surface area contributed by atoms with Crippen molar-refractivity contribution in [2.45, 2.75) is 33.1 Å². The summed E-state index contributed by atoms with van der Waals surface area (Å²) in [6.07, 6.45) is 1.51. The maximum Gasteiger partial charge on any atom is 0.409 e. The Hall–Kier alpha value is -1.79. The Kier molecular flexibility index (Phi) is 7.70. The van der Waals surface area contributed by atoms with Gasteiger partial charge in [-0.3, -0.25) is 9.59 Å². The van der Waals surface area contributed by atoms with Gasteiger partial charge in [-0.05, 0) is 13.3 Å². The van der Waals surface area contributed by atoms with E-state index < -0.39 is 0 Å². The highest BCUT2D eigenvalue weighted by Crippen LogP contribution is 2.07. The molecule has 126 valence electrons. The largest absolute Gasteiger partial charge is 0.450 e. The zero-order valence-corrected chi connectivity index (χ0v) is 13.8. The molecule has 0 aromatic carbocycles. The van der Waals surface area contributed by atoms with Crippen molar-refractivity contribution in [3.8, 4) is 0 Å². The number of hydrogen-bond acceptors (Lipinski definition) is 4. The highest BCUT2D eigenvalue weighted by atomic mass is 16.6. The third-order valence-corrected chi connectivity index (χ3v) is 3.73. The van der Waals surface area contributed by atoms with Gasteiger partial charge in [0.05, 0.1) is 6.61 Å². The molecule has 0 bridgehead atoms. The SMILES string of the molecule is CCCCN(C)C(=O)CC(=O)N1CCN(C(=O)OCC)CC1. The van der Waals surface area contributed by atoms with Crippen LogP contribution in [0, 0.1) is 0 Å². The molecule has 1 fully saturated rings. The van der Waals surface area contributed by atoms with Gasteiger partial charge in [-0.15, -0.1) is 0 Å². The molecule has 1 rings (SSSR count). The maximum absolute atomic E-state index is 12.1. The number of hydrogen-bond donors (Lipinski definition) is 0. The summed E-state index contributed by atoms with van der Waals surface area (Å²) in [5, 5.41) is 0. The molecule has 0 saturated carbocycles. The van der Waals surface area contributed by atoms with Crippen LogP contribution in [0.25, 0.3) is 0 Å². The summed E-state index contributed by atoms with van der Waals surface area (Å²) in [6.45, 7) is 6.64. The molecule has 0 aromatic heterocycles. The van der Waals surface area contributed by atoms with Crippen molar-refractivity contribution in [3.63, 3.8) is 0 Å². The Morgan fingerprint density at radius 3 is 2.18 bits per heavy atom. The van der Waals surface area contributed by atoms with Gasteiger partial charge >= 0.3 is 6.09 Å². The molecule has 1 saturated heterocycles. The smallest absolute Gasteiger partial charge is 0.409 e. The fourth-order valence-corrected chi connectivity index (χ4v) is 2.25. The molecule has 7 nitrogen and oxygen atoms in total. The van der Waals surface area contributed by atoms with Crippen LogP contribution in [0.2, 0.25) is 0 Å². The zero-order chi connectivity index (χ0) is 16.5. The van der Waals surface area contributed by atoms with E-state index in [1.807, 2.05) is 0 Å². The minimum atomic E-state index is -0.343. The van der Waals surface area contributed by atoms with Crippen LogP contribution in [-0.4, -0.2) is 79.0 Å². The molecule has 0 atom stereocenters. The van der Waals surface area contributed by atoms with Crippen molar-refractivity contribution < 1.29 is 19.1 Å². The van der Waals surface area contributed by atoms with E-state index in [1.165, 1.54) is 0 Å². The van der Waals surface area contributed by atoms with Gasteiger partial charge in [-0.2, -0.15) is 0 Å². The lowest BCUT2D eigenvalue weighted by molar-refractivity contribution is -0.140. The predicted octanol–water partition coefficient (Wildman–Crippen LogP) is 0.936. The van der Waals surface area contributed by atoms with Gasteiger partial charge in [0.15, 0.2) is 0 Å². The lowest BCUT2D eigenvalue weighted by Gasteiger charge is -2.34. The van der Waals surface area contributed by atoms with Crippen molar-refractivity contribution in [3.05, 3.63) is 0 Å². The number of rotatable bonds is 6. The topological polar surface area (TPSA) is 70.2 Å². The van der Waals surface area contributed by atoms with Gasteiger partial charge in [-0.25, -0.2) is 4.79 Å². The van der Waals surface area contributed by atoms with E-state index in [0.717, 1.165) is 12.8 Å². The molecule has 1 aliphatic rings. The highest BCUT2D eigenvalue weighted by molar-refractivity contribution is 5.96. The summed E-state index contributed by atoms with van der Waals surface area (Å²) in [4.78, 5) is 40.5. The molecule has 3 amide bonds. The zero-order valence-electron chi connectivity index (χ0n) is 13.8. The second-order valence-electron chi connectivity index (χ2n) is 5.41. The Balaban J connectivity index is 2.36. The summed E-state index contributed by atoms with van der Waals surface area (Å²) >= 11 is 0. The second kappa shape index (κ2) is 9.27. The number of unbranched alkanes of at least 4 members (excludes halogenated alkanes) is 1. The lowest BCUT2D eigenvalue weighted by atomic mass is 10.2. The van der Waals surface area contributed by atoms with Crippen LogP contribution in [0.5, 0.6) is 0 Å². The first-order valence-corrected chi connectivity index (χ1v) is 7.93. The summed E-state index contributed by atoms with van der Waals surface area (Å²) in [6, 6.07) is 0. The number of carbonyl (C=O) groups is 3. The van der Waals surface area contributed by atoms with Gasteiger partial charge in [0, 0.05) is 39.8 Å². The van der Waals surface area contributed by atoms with E-state index >= 15 is 0 Å². The second-order valence-corrected chi connectivity index (χ2v) is 5.41. The third-order valence-electron chi connectivity index (χ3n) is 3.73. The van der Waals surface area contributed by atoms with Gasteiger partial charge < -0.3 is 19.4 Å². The number of ether oxygens (including phenoxy) is 1. The van der Waals surface area contributed by atoms with Gasteiger partial charge in [0.1, 0.15) is 6.42 Å². The maximum atomic E-state index is 12.1. The van der Waals surface area contributed by atoms with E-state index in [0.29, 0.717) is 39.3 Å². The van der Waals surface area contributed by atoms with Crippen LogP contribution >= 0.6 is 0 Å². The van der Waals surface area contributed by atoms with Crippen molar-refractivity contribution in [1.82, 2.24) is 14.7 Å². The molecule has 0 N–H and O–H groups in total. The average Bonchev–Trinajstić information content (AvgIpc) is 2.52. The summed E-state index contributed by atoms with van der Waals surface area (Å²) in [5.74, 6) is -0.317. The number of amides is 3. The first kappa shape index (κ1) is 18.3. The van der Waals surface area contributed by atoms with E-state index in [4.69, 9.17) is 4.74 Å². The fourth-order valence-electron chi connectivity index (χ4n) is 2.25. The molecular weight excluding hydrogens is 286 g/mol. The standard InChI is InChI=1S/C15H27N3O4/c1-4-6-7-16(3)13(19)12-14(20)17-8-10-18(11-9-17)15(21)22-5-2/h4-12H2,1-3H3. The number of carbonyl (C=O) groups excluding carboxylic acids is 3. The monoisotopic (exact) mass is 313 g/mol. The van der Waals surface area contributed by atoms with E-state index in [2.05, 4.69) is 6.92 Å². The van der Waals surface area contributed by atoms with E-state index in [1.54, 1.807) is 28.7 Å². The molecule has 0 spiro atoms.